The van der Waals surface area contributed by atoms with E-state index in [2.05, 4.69) is 27.7 Å². The van der Waals surface area contributed by atoms with E-state index < -0.39 is 10.0 Å². The molecule has 0 unspecified atom stereocenters. The van der Waals surface area contributed by atoms with Crippen LogP contribution in [0.15, 0.2) is 77.7 Å². The van der Waals surface area contributed by atoms with Gasteiger partial charge in [-0.2, -0.15) is 0 Å². The van der Waals surface area contributed by atoms with Crippen molar-refractivity contribution in [2.24, 2.45) is 5.14 Å². The molecule has 0 saturated carbocycles. The molecular formula is C26H26N4O3S. The van der Waals surface area contributed by atoms with Crippen LogP contribution in [0.1, 0.15) is 29.5 Å². The smallest absolute Gasteiger partial charge is 0.258 e. The van der Waals surface area contributed by atoms with Gasteiger partial charge in [-0.15, -0.1) is 0 Å². The van der Waals surface area contributed by atoms with E-state index in [-0.39, 0.29) is 10.8 Å². The third-order valence-electron chi connectivity index (χ3n) is 6.20. The fraction of sp³-hybridized carbons (Fsp3) is 0.192. The highest BCUT2D eigenvalue weighted by atomic mass is 32.2. The number of nitrogens with one attached hydrogen (secondary N) is 2. The maximum Gasteiger partial charge on any atom is 0.258 e. The average Bonchev–Trinajstić information content (AvgIpc) is 3.45. The summed E-state index contributed by atoms with van der Waals surface area (Å²) in [5.41, 5.74) is 4.88. The summed E-state index contributed by atoms with van der Waals surface area (Å²) < 4.78 is 23.9. The van der Waals surface area contributed by atoms with Crippen LogP contribution < -0.4 is 15.8 Å². The van der Waals surface area contributed by atoms with Crippen molar-refractivity contribution in [1.29, 1.82) is 0 Å². The molecule has 5 rings (SSSR count). The lowest BCUT2D eigenvalue weighted by molar-refractivity contribution is -0.110. The third-order valence-corrected chi connectivity index (χ3v) is 7.12. The molecule has 1 fully saturated rings. The van der Waals surface area contributed by atoms with E-state index in [1.54, 1.807) is 6.07 Å². The Morgan fingerprint density at radius 1 is 0.971 bits per heavy atom. The predicted octanol–water partition coefficient (Wildman–Crippen LogP) is 3.86. The van der Waals surface area contributed by atoms with Crippen LogP contribution in [0, 0.1) is 0 Å². The fourth-order valence-corrected chi connectivity index (χ4v) is 5.03. The molecule has 0 atom stereocenters. The second kappa shape index (κ2) is 9.06. The molecule has 0 bridgehead atoms. The minimum Gasteiger partial charge on any atom is -0.354 e. The van der Waals surface area contributed by atoms with Gasteiger partial charge in [0, 0.05) is 23.5 Å². The Balaban J connectivity index is 1.55. The summed E-state index contributed by atoms with van der Waals surface area (Å²) in [6.45, 7) is 3.21. The van der Waals surface area contributed by atoms with Gasteiger partial charge in [0.25, 0.3) is 5.91 Å². The molecule has 8 heteroatoms. The van der Waals surface area contributed by atoms with Crippen LogP contribution in [-0.4, -0.2) is 32.3 Å². The highest BCUT2D eigenvalue weighted by Crippen LogP contribution is 2.38. The summed E-state index contributed by atoms with van der Waals surface area (Å²) in [7, 11) is -3.92. The number of amides is 1. The summed E-state index contributed by atoms with van der Waals surface area (Å²) in [5.74, 6) is -0.307. The van der Waals surface area contributed by atoms with Gasteiger partial charge in [0.15, 0.2) is 0 Å². The lowest BCUT2D eigenvalue weighted by Crippen LogP contribution is -2.18. The maximum atomic E-state index is 13.0. The number of hydrogen-bond donors (Lipinski definition) is 3. The van der Waals surface area contributed by atoms with Gasteiger partial charge in [-0.1, -0.05) is 42.5 Å². The minimum atomic E-state index is -3.92. The molecule has 0 spiro atoms. The van der Waals surface area contributed by atoms with Crippen LogP contribution in [0.3, 0.4) is 0 Å². The van der Waals surface area contributed by atoms with Gasteiger partial charge in [-0.25, -0.2) is 13.6 Å². The number of sulfonamides is 1. The number of benzene rings is 3. The van der Waals surface area contributed by atoms with Gasteiger partial charge in [-0.05, 0) is 67.4 Å². The highest BCUT2D eigenvalue weighted by Gasteiger charge is 2.29. The molecule has 2 aliphatic heterocycles. The molecule has 2 aliphatic rings. The molecule has 2 heterocycles. The molecule has 0 aliphatic carbocycles. The van der Waals surface area contributed by atoms with Crippen molar-refractivity contribution < 1.29 is 13.2 Å². The Bertz CT molecular complexity index is 1360. The Morgan fingerprint density at radius 3 is 2.35 bits per heavy atom. The molecule has 7 nitrogen and oxygen atoms in total. The monoisotopic (exact) mass is 474 g/mol. The van der Waals surface area contributed by atoms with Crippen LogP contribution >= 0.6 is 0 Å². The van der Waals surface area contributed by atoms with Crippen molar-refractivity contribution in [3.63, 3.8) is 0 Å². The van der Waals surface area contributed by atoms with Gasteiger partial charge in [0.2, 0.25) is 10.0 Å². The van der Waals surface area contributed by atoms with E-state index in [9.17, 15) is 13.2 Å². The van der Waals surface area contributed by atoms with Crippen molar-refractivity contribution in [3.05, 3.63) is 89.5 Å². The molecule has 1 saturated heterocycles. The average molecular weight is 475 g/mol. The van der Waals surface area contributed by atoms with E-state index >= 15 is 0 Å². The standard InChI is InChI=1S/C26H26N4O3S/c27-34(32,33)21-12-13-23-22(16-21)24(26(31)29-23)25(19-6-2-1-3-7-19)28-20-10-8-18(9-11-20)17-30-14-4-5-15-30/h1-3,6-13,16,28H,4-5,14-15,17H2,(H,29,31)(H2,27,32,33)/b25-24-. The van der Waals surface area contributed by atoms with Gasteiger partial charge in [0.05, 0.1) is 16.2 Å². The first-order chi connectivity index (χ1) is 16.4. The lowest BCUT2D eigenvalue weighted by atomic mass is 10.00. The Morgan fingerprint density at radius 2 is 1.68 bits per heavy atom. The molecule has 0 radical (unpaired) electrons. The van der Waals surface area contributed by atoms with Crippen LogP contribution in [0.5, 0.6) is 0 Å². The first-order valence-electron chi connectivity index (χ1n) is 11.2. The summed E-state index contributed by atoms with van der Waals surface area (Å²) in [5, 5.41) is 11.6. The topological polar surface area (TPSA) is 105 Å². The number of nitrogens with two attached hydrogens (primary N) is 1. The largest absolute Gasteiger partial charge is 0.354 e. The van der Waals surface area contributed by atoms with Crippen molar-refractivity contribution in [1.82, 2.24) is 4.90 Å². The van der Waals surface area contributed by atoms with Gasteiger partial charge in [-0.3, -0.25) is 9.69 Å². The summed E-state index contributed by atoms with van der Waals surface area (Å²) in [6.07, 6.45) is 2.51. The maximum absolute atomic E-state index is 13.0. The van der Waals surface area contributed by atoms with Crippen LogP contribution in [-0.2, 0) is 21.4 Å². The molecule has 1 amide bonds. The third kappa shape index (κ3) is 4.61. The summed E-state index contributed by atoms with van der Waals surface area (Å²) in [6, 6.07) is 22.1. The summed E-state index contributed by atoms with van der Waals surface area (Å²) >= 11 is 0. The lowest BCUT2D eigenvalue weighted by Gasteiger charge is -2.17. The second-order valence-electron chi connectivity index (χ2n) is 8.63. The van der Waals surface area contributed by atoms with Crippen LogP contribution in [0.25, 0.3) is 11.3 Å². The van der Waals surface area contributed by atoms with Gasteiger partial charge >= 0.3 is 0 Å². The zero-order chi connectivity index (χ0) is 23.7. The van der Waals surface area contributed by atoms with E-state index in [0.717, 1.165) is 30.9 Å². The zero-order valence-electron chi connectivity index (χ0n) is 18.6. The molecular weight excluding hydrogens is 448 g/mol. The molecule has 174 valence electrons. The number of carbonyl (C=O) groups excluding carboxylic acids is 1. The number of likely N-dealkylation sites (tertiary alicyclic amines) is 1. The number of hydrogen-bond acceptors (Lipinski definition) is 5. The number of anilines is 2. The molecule has 4 N–H and O–H groups in total. The Labute approximate surface area is 199 Å². The molecule has 34 heavy (non-hydrogen) atoms. The normalized spacial score (nSPS) is 17.4. The number of rotatable bonds is 6. The number of nitrogens with zero attached hydrogens (tertiary/aromatic N) is 1. The number of primary sulfonamides is 1. The van der Waals surface area contributed by atoms with Crippen LogP contribution in [0.2, 0.25) is 0 Å². The Hall–Kier alpha value is -3.46. The predicted molar refractivity (Wildman–Crippen MR) is 134 cm³/mol. The second-order valence-corrected chi connectivity index (χ2v) is 10.2. The van der Waals surface area contributed by atoms with Gasteiger partial charge in [0.1, 0.15) is 0 Å². The molecule has 3 aromatic carbocycles. The number of fused-ring (bicyclic) bond motifs is 1. The first kappa shape index (κ1) is 22.3. The quantitative estimate of drug-likeness (QED) is 0.471. The van der Waals surface area contributed by atoms with Crippen molar-refractivity contribution in [2.75, 3.05) is 23.7 Å². The highest BCUT2D eigenvalue weighted by molar-refractivity contribution is 7.89. The number of carbonyl (C=O) groups is 1. The van der Waals surface area contributed by atoms with E-state index in [1.807, 2.05) is 42.5 Å². The minimum absolute atomic E-state index is 0.0427. The fourth-order valence-electron chi connectivity index (χ4n) is 4.49. The molecule has 0 aromatic heterocycles. The van der Waals surface area contributed by atoms with Gasteiger partial charge < -0.3 is 10.6 Å². The van der Waals surface area contributed by atoms with Crippen molar-refractivity contribution in [2.45, 2.75) is 24.3 Å². The van der Waals surface area contributed by atoms with E-state index in [0.29, 0.717) is 22.5 Å². The summed E-state index contributed by atoms with van der Waals surface area (Å²) in [4.78, 5) is 15.5. The zero-order valence-corrected chi connectivity index (χ0v) is 19.4. The van der Waals surface area contributed by atoms with Crippen molar-refractivity contribution >= 4 is 38.6 Å². The Kier molecular flexibility index (Phi) is 5.95. The van der Waals surface area contributed by atoms with E-state index in [4.69, 9.17) is 5.14 Å². The van der Waals surface area contributed by atoms with E-state index in [1.165, 1.54) is 30.5 Å². The van der Waals surface area contributed by atoms with Crippen LogP contribution in [0.4, 0.5) is 11.4 Å². The van der Waals surface area contributed by atoms with Crippen molar-refractivity contribution in [3.8, 4) is 0 Å². The molecule has 3 aromatic rings. The SMILES string of the molecule is NS(=O)(=O)c1ccc2c(c1)/C(=C(/Nc1ccc(CN3CCCC3)cc1)c1ccccc1)C(=O)N2. The first-order valence-corrected chi connectivity index (χ1v) is 12.8.